The van der Waals surface area contributed by atoms with Crippen molar-refractivity contribution in [2.24, 2.45) is 10.9 Å². The minimum atomic E-state index is -0.349. The SMILES string of the molecule is N/C(=N/O)c1c(Br)cccc1Oc1ccc(F)cc1. The van der Waals surface area contributed by atoms with Crippen LogP contribution in [0, 0.1) is 5.82 Å². The number of hydrogen-bond acceptors (Lipinski definition) is 3. The largest absolute Gasteiger partial charge is 0.457 e. The highest BCUT2D eigenvalue weighted by atomic mass is 79.9. The van der Waals surface area contributed by atoms with Crippen LogP contribution in [0.2, 0.25) is 0 Å². The minimum absolute atomic E-state index is 0.0791. The zero-order valence-electron chi connectivity index (χ0n) is 9.68. The van der Waals surface area contributed by atoms with Crippen LogP contribution in [0.1, 0.15) is 5.56 Å². The molecule has 0 fully saturated rings. The van der Waals surface area contributed by atoms with Crippen LogP contribution in [0.25, 0.3) is 0 Å². The van der Waals surface area contributed by atoms with Gasteiger partial charge in [-0.25, -0.2) is 4.39 Å². The number of benzene rings is 2. The molecule has 19 heavy (non-hydrogen) atoms. The van der Waals surface area contributed by atoms with E-state index in [1.54, 1.807) is 18.2 Å². The topological polar surface area (TPSA) is 67.8 Å². The molecule has 4 nitrogen and oxygen atoms in total. The van der Waals surface area contributed by atoms with Crippen LogP contribution in [-0.4, -0.2) is 11.0 Å². The smallest absolute Gasteiger partial charge is 0.175 e. The van der Waals surface area contributed by atoms with E-state index in [2.05, 4.69) is 21.1 Å². The second-order valence-corrected chi connectivity index (χ2v) is 4.51. The van der Waals surface area contributed by atoms with Crippen LogP contribution >= 0.6 is 15.9 Å². The molecular weight excluding hydrogens is 315 g/mol. The van der Waals surface area contributed by atoms with Gasteiger partial charge in [-0.1, -0.05) is 11.2 Å². The fourth-order valence-electron chi connectivity index (χ4n) is 1.52. The molecule has 98 valence electrons. The van der Waals surface area contributed by atoms with E-state index in [-0.39, 0.29) is 11.7 Å². The van der Waals surface area contributed by atoms with E-state index in [1.807, 2.05) is 0 Å². The van der Waals surface area contributed by atoms with Crippen LogP contribution in [0.15, 0.2) is 52.1 Å². The van der Waals surface area contributed by atoms with E-state index in [0.29, 0.717) is 21.5 Å². The third kappa shape index (κ3) is 3.03. The summed E-state index contributed by atoms with van der Waals surface area (Å²) >= 11 is 3.30. The van der Waals surface area contributed by atoms with Gasteiger partial charge in [0, 0.05) is 4.47 Å². The number of nitrogens with two attached hydrogens (primary N) is 1. The molecule has 3 N–H and O–H groups in total. The van der Waals surface area contributed by atoms with Gasteiger partial charge >= 0.3 is 0 Å². The number of oxime groups is 1. The second-order valence-electron chi connectivity index (χ2n) is 3.65. The molecule has 0 amide bonds. The number of rotatable bonds is 3. The molecule has 2 rings (SSSR count). The fourth-order valence-corrected chi connectivity index (χ4v) is 2.07. The highest BCUT2D eigenvalue weighted by molar-refractivity contribution is 9.10. The molecule has 0 spiro atoms. The Kier molecular flexibility index (Phi) is 4.01. The quantitative estimate of drug-likeness (QED) is 0.393. The standard InChI is InChI=1S/C13H10BrFN2O2/c14-10-2-1-3-11(12(10)13(16)17-18)19-9-6-4-8(15)5-7-9/h1-7,18H,(H2,16,17). The lowest BCUT2D eigenvalue weighted by Gasteiger charge is -2.11. The van der Waals surface area contributed by atoms with Crippen molar-refractivity contribution in [1.29, 1.82) is 0 Å². The Morgan fingerprint density at radius 3 is 2.53 bits per heavy atom. The molecular formula is C13H10BrFN2O2. The van der Waals surface area contributed by atoms with E-state index in [1.165, 1.54) is 24.3 Å². The monoisotopic (exact) mass is 324 g/mol. The van der Waals surface area contributed by atoms with Gasteiger partial charge in [-0.05, 0) is 52.3 Å². The molecule has 0 aliphatic carbocycles. The Labute approximate surface area is 117 Å². The lowest BCUT2D eigenvalue weighted by Crippen LogP contribution is -2.15. The maximum absolute atomic E-state index is 12.8. The van der Waals surface area contributed by atoms with Gasteiger partial charge in [0.15, 0.2) is 5.84 Å². The number of halogens is 2. The molecule has 0 saturated heterocycles. The maximum Gasteiger partial charge on any atom is 0.175 e. The van der Waals surface area contributed by atoms with Gasteiger partial charge in [-0.15, -0.1) is 0 Å². The van der Waals surface area contributed by atoms with Crippen molar-refractivity contribution >= 4 is 21.8 Å². The lowest BCUT2D eigenvalue weighted by atomic mass is 10.2. The number of nitrogens with zero attached hydrogens (tertiary/aromatic N) is 1. The first-order valence-electron chi connectivity index (χ1n) is 5.31. The Bertz CT molecular complexity index is 615. The first kappa shape index (κ1) is 13.4. The molecule has 0 radical (unpaired) electrons. The molecule has 0 atom stereocenters. The van der Waals surface area contributed by atoms with Gasteiger partial charge in [0.1, 0.15) is 17.3 Å². The van der Waals surface area contributed by atoms with Crippen molar-refractivity contribution in [3.05, 3.63) is 58.3 Å². The summed E-state index contributed by atoms with van der Waals surface area (Å²) < 4.78 is 19.0. The van der Waals surface area contributed by atoms with Crippen LogP contribution in [0.4, 0.5) is 4.39 Å². The van der Waals surface area contributed by atoms with Crippen LogP contribution in [0.3, 0.4) is 0 Å². The van der Waals surface area contributed by atoms with Crippen molar-refractivity contribution < 1.29 is 14.3 Å². The van der Waals surface area contributed by atoms with Gasteiger partial charge in [0.05, 0.1) is 5.56 Å². The zero-order valence-corrected chi connectivity index (χ0v) is 11.3. The summed E-state index contributed by atoms with van der Waals surface area (Å²) in [5.41, 5.74) is 6.03. The molecule has 2 aromatic carbocycles. The molecule has 0 aliphatic heterocycles. The molecule has 2 aromatic rings. The molecule has 0 aliphatic rings. The summed E-state index contributed by atoms with van der Waals surface area (Å²) in [5, 5.41) is 11.7. The second kappa shape index (κ2) is 5.71. The Morgan fingerprint density at radius 2 is 1.89 bits per heavy atom. The third-order valence-corrected chi connectivity index (χ3v) is 3.04. The normalized spacial score (nSPS) is 11.4. The zero-order chi connectivity index (χ0) is 13.8. The van der Waals surface area contributed by atoms with Crippen molar-refractivity contribution in [1.82, 2.24) is 0 Å². The minimum Gasteiger partial charge on any atom is -0.457 e. The summed E-state index contributed by atoms with van der Waals surface area (Å²) in [6, 6.07) is 10.7. The van der Waals surface area contributed by atoms with Crippen LogP contribution in [0.5, 0.6) is 11.5 Å². The average Bonchev–Trinajstić information content (AvgIpc) is 2.41. The summed E-state index contributed by atoms with van der Waals surface area (Å²) in [7, 11) is 0. The Morgan fingerprint density at radius 1 is 1.21 bits per heavy atom. The summed E-state index contributed by atoms with van der Waals surface area (Å²) in [6.07, 6.45) is 0. The van der Waals surface area contributed by atoms with E-state index in [0.717, 1.165) is 0 Å². The van der Waals surface area contributed by atoms with E-state index < -0.39 is 0 Å². The lowest BCUT2D eigenvalue weighted by molar-refractivity contribution is 0.318. The van der Waals surface area contributed by atoms with Gasteiger partial charge in [0.25, 0.3) is 0 Å². The molecule has 0 bridgehead atoms. The first-order valence-corrected chi connectivity index (χ1v) is 6.11. The summed E-state index contributed by atoms with van der Waals surface area (Å²) in [4.78, 5) is 0. The van der Waals surface area contributed by atoms with E-state index in [9.17, 15) is 4.39 Å². The fraction of sp³-hybridized carbons (Fsp3) is 0. The highest BCUT2D eigenvalue weighted by Gasteiger charge is 2.13. The van der Waals surface area contributed by atoms with Crippen molar-refractivity contribution in [3.8, 4) is 11.5 Å². The van der Waals surface area contributed by atoms with Crippen molar-refractivity contribution in [3.63, 3.8) is 0 Å². The predicted octanol–water partition coefficient (Wildman–Crippen LogP) is 3.48. The van der Waals surface area contributed by atoms with Gasteiger partial charge in [-0.2, -0.15) is 0 Å². The van der Waals surface area contributed by atoms with Crippen LogP contribution in [-0.2, 0) is 0 Å². The van der Waals surface area contributed by atoms with Gasteiger partial charge in [0.2, 0.25) is 0 Å². The molecule has 0 saturated carbocycles. The van der Waals surface area contributed by atoms with E-state index in [4.69, 9.17) is 15.7 Å². The average molecular weight is 325 g/mol. The van der Waals surface area contributed by atoms with Gasteiger partial charge in [-0.3, -0.25) is 0 Å². The first-order chi connectivity index (χ1) is 9.11. The Hall–Kier alpha value is -2.08. The molecule has 0 heterocycles. The van der Waals surface area contributed by atoms with Crippen LogP contribution < -0.4 is 10.5 Å². The number of hydrogen-bond donors (Lipinski definition) is 2. The highest BCUT2D eigenvalue weighted by Crippen LogP contribution is 2.30. The third-order valence-electron chi connectivity index (χ3n) is 2.38. The van der Waals surface area contributed by atoms with Crippen molar-refractivity contribution in [2.45, 2.75) is 0 Å². The van der Waals surface area contributed by atoms with Gasteiger partial charge < -0.3 is 15.7 Å². The maximum atomic E-state index is 12.8. The summed E-state index contributed by atoms with van der Waals surface area (Å²) in [5.74, 6) is 0.422. The molecule has 6 heteroatoms. The van der Waals surface area contributed by atoms with Crippen molar-refractivity contribution in [2.75, 3.05) is 0 Å². The summed E-state index contributed by atoms with van der Waals surface area (Å²) in [6.45, 7) is 0. The molecule has 0 aromatic heterocycles. The molecule has 0 unspecified atom stereocenters. The number of amidine groups is 1. The van der Waals surface area contributed by atoms with E-state index >= 15 is 0 Å². The predicted molar refractivity (Wildman–Crippen MR) is 73.1 cm³/mol. The Balaban J connectivity index is 2.40. The number of ether oxygens (including phenoxy) is 1.